The number of esters is 3. The van der Waals surface area contributed by atoms with E-state index in [2.05, 4.69) is 142 Å². The van der Waals surface area contributed by atoms with E-state index < -0.39 is 6.10 Å². The third kappa shape index (κ3) is 66.5. The van der Waals surface area contributed by atoms with Gasteiger partial charge in [0, 0.05) is 19.3 Å². The summed E-state index contributed by atoms with van der Waals surface area (Å²) in [5, 5.41) is 0. The summed E-state index contributed by atoms with van der Waals surface area (Å²) < 4.78 is 16.9. The molecule has 0 aliphatic heterocycles. The van der Waals surface area contributed by atoms with E-state index in [4.69, 9.17) is 14.2 Å². The van der Waals surface area contributed by atoms with Crippen molar-refractivity contribution in [2.24, 2.45) is 0 Å². The number of carbonyl (C=O) groups excluding carboxylic acids is 3. The highest BCUT2D eigenvalue weighted by atomic mass is 16.6. The summed E-state index contributed by atoms with van der Waals surface area (Å²) in [7, 11) is 0. The van der Waals surface area contributed by atoms with Crippen LogP contribution < -0.4 is 0 Å². The Labute approximate surface area is 501 Å². The van der Waals surface area contributed by atoms with Gasteiger partial charge >= 0.3 is 17.9 Å². The molecule has 0 aromatic rings. The molecule has 0 spiro atoms. The van der Waals surface area contributed by atoms with Gasteiger partial charge in [-0.25, -0.2) is 0 Å². The van der Waals surface area contributed by atoms with E-state index in [1.165, 1.54) is 141 Å². The molecule has 0 fully saturated rings. The second kappa shape index (κ2) is 68.3. The van der Waals surface area contributed by atoms with Gasteiger partial charge in [-0.1, -0.05) is 303 Å². The standard InChI is InChI=1S/C75H126O6/c1-4-7-10-13-16-19-22-25-27-29-30-31-32-33-34-35-36-37-38-39-40-41-42-43-44-46-47-50-53-56-59-62-65-68-74(77)80-71-72(70-79-73(76)67-64-61-58-55-52-49-24-21-18-15-12-9-6-3)81-75(78)69-66-63-60-57-54-51-48-45-28-26-23-20-17-14-11-8-5-2/h7,10,16,19,25-28,30-31,33-34,36-37,39-40,42-43,46-47,72H,4-6,8-9,11-15,17-18,20-24,29,32,35,38,41,44-45,48-71H2,1-3H3/b10-7-,19-16-,27-25-,28-26-,31-30-,34-33-,37-36-,40-39-,43-42-,47-46-. The fraction of sp³-hybridized carbons (Fsp3) is 0.693. The molecule has 0 rings (SSSR count). The number of hydrogen-bond acceptors (Lipinski definition) is 6. The Morgan fingerprint density at radius 2 is 0.481 bits per heavy atom. The van der Waals surface area contributed by atoms with Gasteiger partial charge in [0.25, 0.3) is 0 Å². The smallest absolute Gasteiger partial charge is 0.306 e. The first-order valence-corrected chi connectivity index (χ1v) is 34.0. The van der Waals surface area contributed by atoms with E-state index in [9.17, 15) is 14.4 Å². The highest BCUT2D eigenvalue weighted by Crippen LogP contribution is 2.16. The Balaban J connectivity index is 4.32. The van der Waals surface area contributed by atoms with Crippen LogP contribution in [-0.4, -0.2) is 37.2 Å². The van der Waals surface area contributed by atoms with Crippen molar-refractivity contribution >= 4 is 17.9 Å². The van der Waals surface area contributed by atoms with Crippen LogP contribution in [0.3, 0.4) is 0 Å². The molecular formula is C75H126O6. The van der Waals surface area contributed by atoms with Crippen LogP contribution in [0.5, 0.6) is 0 Å². The second-order valence-electron chi connectivity index (χ2n) is 22.4. The van der Waals surface area contributed by atoms with Crippen LogP contribution in [0.4, 0.5) is 0 Å². The Morgan fingerprint density at radius 1 is 0.259 bits per heavy atom. The molecule has 0 aromatic heterocycles. The van der Waals surface area contributed by atoms with Crippen molar-refractivity contribution in [3.63, 3.8) is 0 Å². The Kier molecular flexibility index (Phi) is 64.8. The minimum atomic E-state index is -0.790. The van der Waals surface area contributed by atoms with Crippen LogP contribution in [0.2, 0.25) is 0 Å². The van der Waals surface area contributed by atoms with Gasteiger partial charge in [-0.2, -0.15) is 0 Å². The van der Waals surface area contributed by atoms with Crippen LogP contribution in [0, 0.1) is 0 Å². The maximum absolute atomic E-state index is 12.9. The van der Waals surface area contributed by atoms with E-state index in [-0.39, 0.29) is 31.1 Å². The van der Waals surface area contributed by atoms with Gasteiger partial charge in [0.05, 0.1) is 0 Å². The Hall–Kier alpha value is -4.19. The first kappa shape index (κ1) is 76.8. The summed E-state index contributed by atoms with van der Waals surface area (Å²) >= 11 is 0. The van der Waals surface area contributed by atoms with E-state index in [0.717, 1.165) is 135 Å². The number of hydrogen-bond donors (Lipinski definition) is 0. The molecule has 6 heteroatoms. The van der Waals surface area contributed by atoms with Crippen molar-refractivity contribution in [2.45, 2.75) is 322 Å². The molecule has 0 amide bonds. The van der Waals surface area contributed by atoms with Crippen molar-refractivity contribution in [2.75, 3.05) is 13.2 Å². The van der Waals surface area contributed by atoms with Gasteiger partial charge in [0.15, 0.2) is 6.10 Å². The molecule has 1 unspecified atom stereocenters. The van der Waals surface area contributed by atoms with Crippen LogP contribution in [0.1, 0.15) is 316 Å². The van der Waals surface area contributed by atoms with Crippen LogP contribution >= 0.6 is 0 Å². The summed E-state index contributed by atoms with van der Waals surface area (Å²) in [6.07, 6.45) is 94.9. The molecule has 0 saturated carbocycles. The first-order chi connectivity index (χ1) is 40.0. The molecule has 0 saturated heterocycles. The summed E-state index contributed by atoms with van der Waals surface area (Å²) in [5.74, 6) is -0.900. The quantitative estimate of drug-likeness (QED) is 0.0261. The lowest BCUT2D eigenvalue weighted by Gasteiger charge is -2.18. The second-order valence-corrected chi connectivity index (χ2v) is 22.4. The van der Waals surface area contributed by atoms with Gasteiger partial charge in [-0.3, -0.25) is 14.4 Å². The van der Waals surface area contributed by atoms with Gasteiger partial charge in [0.2, 0.25) is 0 Å². The monoisotopic (exact) mass is 1120 g/mol. The third-order valence-corrected chi connectivity index (χ3v) is 14.5. The fourth-order valence-electron chi connectivity index (χ4n) is 9.37. The minimum Gasteiger partial charge on any atom is -0.462 e. The van der Waals surface area contributed by atoms with Crippen molar-refractivity contribution in [1.82, 2.24) is 0 Å². The molecule has 0 N–H and O–H groups in total. The van der Waals surface area contributed by atoms with Crippen LogP contribution in [0.25, 0.3) is 0 Å². The number of unbranched alkanes of at least 4 members (excludes halogenated alkanes) is 30. The van der Waals surface area contributed by atoms with Crippen molar-refractivity contribution in [3.8, 4) is 0 Å². The molecule has 0 bridgehead atoms. The zero-order valence-electron chi connectivity index (χ0n) is 53.0. The maximum atomic E-state index is 12.9. The summed E-state index contributed by atoms with van der Waals surface area (Å²) in [5.41, 5.74) is 0. The van der Waals surface area contributed by atoms with Gasteiger partial charge < -0.3 is 14.2 Å². The van der Waals surface area contributed by atoms with Crippen molar-refractivity contribution < 1.29 is 28.6 Å². The Bertz CT molecular complexity index is 1670. The largest absolute Gasteiger partial charge is 0.462 e. The SMILES string of the molecule is CC/C=C\C/C=C\C/C=C\C/C=C\C/C=C\C/C=C\C/C=C\C/C=C\C/C=C\CCCCCCCC(=O)OCC(COC(=O)CCCCCCCCCCCCCCC)OC(=O)CCCCCCCCC/C=C\CCCCCCCC. The number of allylic oxidation sites excluding steroid dienone is 20. The maximum Gasteiger partial charge on any atom is 0.306 e. The molecule has 0 aliphatic carbocycles. The molecule has 0 radical (unpaired) electrons. The summed E-state index contributed by atoms with van der Waals surface area (Å²) in [4.78, 5) is 38.3. The van der Waals surface area contributed by atoms with Crippen molar-refractivity contribution in [3.05, 3.63) is 122 Å². The summed E-state index contributed by atoms with van der Waals surface area (Å²) in [6.45, 7) is 6.52. The van der Waals surface area contributed by atoms with Crippen LogP contribution in [0.15, 0.2) is 122 Å². The van der Waals surface area contributed by atoms with Gasteiger partial charge in [0.1, 0.15) is 13.2 Å². The lowest BCUT2D eigenvalue weighted by molar-refractivity contribution is -0.167. The van der Waals surface area contributed by atoms with Crippen LogP contribution in [-0.2, 0) is 28.6 Å². The lowest BCUT2D eigenvalue weighted by atomic mass is 10.0. The van der Waals surface area contributed by atoms with E-state index in [0.29, 0.717) is 19.3 Å². The predicted octanol–water partition coefficient (Wildman–Crippen LogP) is 23.6. The molecule has 462 valence electrons. The van der Waals surface area contributed by atoms with E-state index in [1.54, 1.807) is 0 Å². The highest BCUT2D eigenvalue weighted by Gasteiger charge is 2.19. The normalized spacial score (nSPS) is 12.9. The fourth-order valence-corrected chi connectivity index (χ4v) is 9.37. The molecule has 1 atom stereocenters. The van der Waals surface area contributed by atoms with E-state index >= 15 is 0 Å². The topological polar surface area (TPSA) is 78.9 Å². The zero-order chi connectivity index (χ0) is 58.5. The Morgan fingerprint density at radius 3 is 0.765 bits per heavy atom. The number of carbonyl (C=O) groups is 3. The average molecular weight is 1120 g/mol. The number of ether oxygens (including phenoxy) is 3. The molecule has 0 heterocycles. The molecule has 81 heavy (non-hydrogen) atoms. The average Bonchev–Trinajstić information content (AvgIpc) is 3.46. The molecule has 0 aromatic carbocycles. The summed E-state index contributed by atoms with van der Waals surface area (Å²) in [6, 6.07) is 0. The third-order valence-electron chi connectivity index (χ3n) is 14.5. The molecular weight excluding hydrogens is 997 g/mol. The van der Waals surface area contributed by atoms with Gasteiger partial charge in [-0.15, -0.1) is 0 Å². The molecule has 0 aliphatic rings. The van der Waals surface area contributed by atoms with Gasteiger partial charge in [-0.05, 0) is 116 Å². The predicted molar refractivity (Wildman–Crippen MR) is 353 cm³/mol. The lowest BCUT2D eigenvalue weighted by Crippen LogP contribution is -2.30. The highest BCUT2D eigenvalue weighted by molar-refractivity contribution is 5.71. The molecule has 6 nitrogen and oxygen atoms in total. The van der Waals surface area contributed by atoms with E-state index in [1.807, 2.05) is 0 Å². The first-order valence-electron chi connectivity index (χ1n) is 34.0. The zero-order valence-corrected chi connectivity index (χ0v) is 53.0. The minimum absolute atomic E-state index is 0.0844. The number of rotatable bonds is 61. The van der Waals surface area contributed by atoms with Crippen molar-refractivity contribution in [1.29, 1.82) is 0 Å².